The molecule has 0 saturated heterocycles. The van der Waals surface area contributed by atoms with Gasteiger partial charge in [-0.2, -0.15) is 0 Å². The molecule has 3 nitrogen and oxygen atoms in total. The lowest BCUT2D eigenvalue weighted by atomic mass is 10.1. The molecule has 0 amide bonds. The van der Waals surface area contributed by atoms with Crippen molar-refractivity contribution in [1.82, 2.24) is 0 Å². The lowest BCUT2D eigenvalue weighted by Crippen LogP contribution is -2.01. The maximum atomic E-state index is 9.72. The molecule has 0 aliphatic rings. The molecule has 0 spiro atoms. The van der Waals surface area contributed by atoms with E-state index in [1.165, 1.54) is 0 Å². The molecule has 0 fully saturated rings. The molecular weight excluding hydrogens is 240 g/mol. The van der Waals surface area contributed by atoms with Crippen molar-refractivity contribution in [3.05, 3.63) is 59.2 Å². The predicted octanol–water partition coefficient (Wildman–Crippen LogP) is 3.33. The summed E-state index contributed by atoms with van der Waals surface area (Å²) in [7, 11) is 0. The fourth-order valence-electron chi connectivity index (χ4n) is 1.86. The van der Waals surface area contributed by atoms with Gasteiger partial charge in [-0.05, 0) is 43.2 Å². The second-order valence-corrected chi connectivity index (χ2v) is 4.67. The van der Waals surface area contributed by atoms with E-state index in [0.29, 0.717) is 12.4 Å². The molecule has 0 unspecified atom stereocenters. The van der Waals surface area contributed by atoms with Crippen molar-refractivity contribution in [2.45, 2.75) is 26.6 Å². The van der Waals surface area contributed by atoms with Crippen LogP contribution in [0.3, 0.4) is 0 Å². The predicted molar refractivity (Wildman–Crippen MR) is 74.3 cm³/mol. The fourth-order valence-corrected chi connectivity index (χ4v) is 1.86. The molecule has 1 atom stereocenters. The number of rotatable bonds is 4. The van der Waals surface area contributed by atoms with E-state index in [1.807, 2.05) is 37.3 Å². The molecule has 2 aromatic rings. The molecule has 3 heteroatoms. The summed E-state index contributed by atoms with van der Waals surface area (Å²) in [5, 5.41) is 18.9. The zero-order valence-electron chi connectivity index (χ0n) is 11.1. The summed E-state index contributed by atoms with van der Waals surface area (Å²) in [6.07, 6.45) is -0.560. The normalized spacial score (nSPS) is 12.2. The lowest BCUT2D eigenvalue weighted by Gasteiger charge is -2.14. The number of hydrogen-bond acceptors (Lipinski definition) is 3. The van der Waals surface area contributed by atoms with Crippen LogP contribution in [-0.4, -0.2) is 10.2 Å². The molecule has 19 heavy (non-hydrogen) atoms. The van der Waals surface area contributed by atoms with Gasteiger partial charge in [-0.3, -0.25) is 0 Å². The van der Waals surface area contributed by atoms with Gasteiger partial charge in [0.2, 0.25) is 0 Å². The summed E-state index contributed by atoms with van der Waals surface area (Å²) in [6.45, 7) is 4.11. The third-order valence-electron chi connectivity index (χ3n) is 2.95. The molecular formula is C16H18O3. The minimum atomic E-state index is -0.560. The fraction of sp³-hybridized carbons (Fsp3) is 0.250. The average molecular weight is 258 g/mol. The van der Waals surface area contributed by atoms with Gasteiger partial charge in [-0.25, -0.2) is 0 Å². The van der Waals surface area contributed by atoms with Crippen molar-refractivity contribution in [3.63, 3.8) is 0 Å². The van der Waals surface area contributed by atoms with Crippen molar-refractivity contribution in [2.24, 2.45) is 0 Å². The van der Waals surface area contributed by atoms with Crippen molar-refractivity contribution in [1.29, 1.82) is 0 Å². The van der Waals surface area contributed by atoms with E-state index in [4.69, 9.17) is 4.74 Å². The van der Waals surface area contributed by atoms with E-state index >= 15 is 0 Å². The Bertz CT molecular complexity index is 544. The molecule has 2 N–H and O–H groups in total. The number of aromatic hydroxyl groups is 1. The Kier molecular flexibility index (Phi) is 4.07. The summed E-state index contributed by atoms with van der Waals surface area (Å²) in [5.41, 5.74) is 2.84. The number of ether oxygens (including phenoxy) is 1. The smallest absolute Gasteiger partial charge is 0.125 e. The Labute approximate surface area is 113 Å². The van der Waals surface area contributed by atoms with Gasteiger partial charge in [0.1, 0.15) is 18.1 Å². The third-order valence-corrected chi connectivity index (χ3v) is 2.95. The number of hydrogen-bond donors (Lipinski definition) is 2. The van der Waals surface area contributed by atoms with Gasteiger partial charge in [0.25, 0.3) is 0 Å². The molecule has 0 saturated carbocycles. The topological polar surface area (TPSA) is 49.7 Å². The van der Waals surface area contributed by atoms with Crippen LogP contribution in [0.25, 0.3) is 0 Å². The minimum Gasteiger partial charge on any atom is -0.508 e. The van der Waals surface area contributed by atoms with E-state index < -0.39 is 6.10 Å². The van der Waals surface area contributed by atoms with Crippen LogP contribution in [0.5, 0.6) is 11.5 Å². The van der Waals surface area contributed by atoms with Gasteiger partial charge >= 0.3 is 0 Å². The minimum absolute atomic E-state index is 0.240. The summed E-state index contributed by atoms with van der Waals surface area (Å²) >= 11 is 0. The molecule has 2 rings (SSSR count). The molecule has 0 bridgehead atoms. The summed E-state index contributed by atoms with van der Waals surface area (Å²) in [5.74, 6) is 0.937. The van der Waals surface area contributed by atoms with Crippen LogP contribution in [0.4, 0.5) is 0 Å². The number of aliphatic hydroxyl groups is 1. The van der Waals surface area contributed by atoms with Crippen LogP contribution in [0.1, 0.15) is 29.7 Å². The molecule has 2 aromatic carbocycles. The Hall–Kier alpha value is -2.00. The summed E-state index contributed by atoms with van der Waals surface area (Å²) in [4.78, 5) is 0. The number of aryl methyl sites for hydroxylation is 1. The third kappa shape index (κ3) is 3.48. The highest BCUT2D eigenvalue weighted by Gasteiger charge is 2.09. The summed E-state index contributed by atoms with van der Waals surface area (Å²) < 4.78 is 5.76. The van der Waals surface area contributed by atoms with Gasteiger partial charge in [0.05, 0.1) is 6.10 Å². The largest absolute Gasteiger partial charge is 0.508 e. The zero-order chi connectivity index (χ0) is 13.8. The van der Waals surface area contributed by atoms with E-state index in [1.54, 1.807) is 19.1 Å². The summed E-state index contributed by atoms with van der Waals surface area (Å²) in [6, 6.07) is 12.6. The first kappa shape index (κ1) is 13.4. The Morgan fingerprint density at radius 2 is 1.79 bits per heavy atom. The van der Waals surface area contributed by atoms with Crippen LogP contribution in [-0.2, 0) is 6.61 Å². The van der Waals surface area contributed by atoms with Crippen LogP contribution in [0.15, 0.2) is 42.5 Å². The Morgan fingerprint density at radius 1 is 1.11 bits per heavy atom. The maximum Gasteiger partial charge on any atom is 0.125 e. The van der Waals surface area contributed by atoms with Gasteiger partial charge in [-0.15, -0.1) is 0 Å². The quantitative estimate of drug-likeness (QED) is 0.884. The highest BCUT2D eigenvalue weighted by Crippen LogP contribution is 2.27. The molecule has 0 radical (unpaired) electrons. The van der Waals surface area contributed by atoms with Gasteiger partial charge in [0.15, 0.2) is 0 Å². The van der Waals surface area contributed by atoms with E-state index in [-0.39, 0.29) is 5.75 Å². The first-order chi connectivity index (χ1) is 9.06. The van der Waals surface area contributed by atoms with Crippen molar-refractivity contribution in [3.8, 4) is 11.5 Å². The van der Waals surface area contributed by atoms with E-state index in [9.17, 15) is 10.2 Å². The van der Waals surface area contributed by atoms with Gasteiger partial charge in [-0.1, -0.05) is 24.3 Å². The second kappa shape index (κ2) is 5.76. The van der Waals surface area contributed by atoms with Gasteiger partial charge in [0, 0.05) is 5.56 Å². The standard InChI is InChI=1S/C16H18O3/c1-11-3-8-15(12(2)17)16(9-11)19-10-13-4-6-14(18)7-5-13/h3-9,12,17-18H,10H2,1-2H3/t12-/m0/s1. The first-order valence-corrected chi connectivity index (χ1v) is 6.25. The highest BCUT2D eigenvalue weighted by molar-refractivity contribution is 5.38. The van der Waals surface area contributed by atoms with Crippen molar-refractivity contribution < 1.29 is 14.9 Å². The number of phenols is 1. The number of phenolic OH excluding ortho intramolecular Hbond substituents is 1. The zero-order valence-corrected chi connectivity index (χ0v) is 11.1. The average Bonchev–Trinajstić information content (AvgIpc) is 2.38. The maximum absolute atomic E-state index is 9.72. The second-order valence-electron chi connectivity index (χ2n) is 4.67. The van der Waals surface area contributed by atoms with E-state index in [0.717, 1.165) is 16.7 Å². The van der Waals surface area contributed by atoms with Crippen LogP contribution in [0.2, 0.25) is 0 Å². The molecule has 0 heterocycles. The Morgan fingerprint density at radius 3 is 2.42 bits per heavy atom. The van der Waals surface area contributed by atoms with Crippen molar-refractivity contribution >= 4 is 0 Å². The lowest BCUT2D eigenvalue weighted by molar-refractivity contribution is 0.190. The first-order valence-electron chi connectivity index (χ1n) is 6.25. The SMILES string of the molecule is Cc1ccc([C@H](C)O)c(OCc2ccc(O)cc2)c1. The molecule has 0 aliphatic carbocycles. The van der Waals surface area contributed by atoms with Crippen LogP contribution in [0, 0.1) is 6.92 Å². The van der Waals surface area contributed by atoms with Gasteiger partial charge < -0.3 is 14.9 Å². The monoisotopic (exact) mass is 258 g/mol. The Balaban J connectivity index is 2.14. The molecule has 100 valence electrons. The van der Waals surface area contributed by atoms with E-state index in [2.05, 4.69) is 0 Å². The molecule has 0 aromatic heterocycles. The number of aliphatic hydroxyl groups excluding tert-OH is 1. The van der Waals surface area contributed by atoms with Crippen LogP contribution >= 0.6 is 0 Å². The number of benzene rings is 2. The molecule has 0 aliphatic heterocycles. The highest BCUT2D eigenvalue weighted by atomic mass is 16.5. The van der Waals surface area contributed by atoms with Crippen LogP contribution < -0.4 is 4.74 Å². The van der Waals surface area contributed by atoms with Crippen molar-refractivity contribution in [2.75, 3.05) is 0 Å².